The van der Waals surface area contributed by atoms with Crippen molar-refractivity contribution in [1.29, 1.82) is 0 Å². The van der Waals surface area contributed by atoms with E-state index in [-0.39, 0.29) is 25.2 Å². The van der Waals surface area contributed by atoms with Crippen LogP contribution in [0.1, 0.15) is 12.5 Å². The Morgan fingerprint density at radius 1 is 1.50 bits per heavy atom. The quantitative estimate of drug-likeness (QED) is 0.821. The van der Waals surface area contributed by atoms with Crippen LogP contribution in [-0.2, 0) is 20.9 Å². The van der Waals surface area contributed by atoms with Gasteiger partial charge < -0.3 is 14.8 Å². The molecule has 0 bridgehead atoms. The van der Waals surface area contributed by atoms with Crippen LogP contribution in [0.5, 0.6) is 0 Å². The van der Waals surface area contributed by atoms with Crippen molar-refractivity contribution in [3.05, 3.63) is 35.9 Å². The molecule has 0 spiro atoms. The standard InChI is InChI=1S/C13H15NO4/c1-9(11-8-18-13(16)14-11)12(15)17-7-10-5-3-2-4-6-10/h2-6,9,11H,7-8H2,1H3,(H,14,16)/t9-,11-/m1/s1. The molecule has 1 aromatic carbocycles. The van der Waals surface area contributed by atoms with Crippen molar-refractivity contribution in [1.82, 2.24) is 5.32 Å². The third-order valence-corrected chi connectivity index (χ3v) is 2.90. The lowest BCUT2D eigenvalue weighted by Gasteiger charge is -2.15. The molecule has 1 aromatic rings. The van der Waals surface area contributed by atoms with E-state index >= 15 is 0 Å². The lowest BCUT2D eigenvalue weighted by atomic mass is 10.0. The van der Waals surface area contributed by atoms with Crippen molar-refractivity contribution in [3.8, 4) is 0 Å². The van der Waals surface area contributed by atoms with E-state index in [2.05, 4.69) is 5.32 Å². The maximum Gasteiger partial charge on any atom is 0.407 e. The molecule has 1 aliphatic rings. The Labute approximate surface area is 105 Å². The predicted molar refractivity (Wildman–Crippen MR) is 63.7 cm³/mol. The summed E-state index contributed by atoms with van der Waals surface area (Å²) in [6, 6.07) is 9.14. The fourth-order valence-corrected chi connectivity index (χ4v) is 1.69. The van der Waals surface area contributed by atoms with Crippen LogP contribution >= 0.6 is 0 Å². The Balaban J connectivity index is 1.83. The summed E-state index contributed by atoms with van der Waals surface area (Å²) in [6.07, 6.45) is -0.484. The van der Waals surface area contributed by atoms with Crippen LogP contribution in [0.4, 0.5) is 4.79 Å². The molecule has 1 amide bonds. The van der Waals surface area contributed by atoms with Gasteiger partial charge in [0, 0.05) is 0 Å². The van der Waals surface area contributed by atoms with Crippen molar-refractivity contribution >= 4 is 12.1 Å². The van der Waals surface area contributed by atoms with Crippen LogP contribution in [0.15, 0.2) is 30.3 Å². The molecule has 1 fully saturated rings. The number of rotatable bonds is 4. The van der Waals surface area contributed by atoms with Crippen molar-refractivity contribution in [2.24, 2.45) is 5.92 Å². The smallest absolute Gasteiger partial charge is 0.407 e. The van der Waals surface area contributed by atoms with Gasteiger partial charge in [0.25, 0.3) is 0 Å². The number of cyclic esters (lactones) is 1. The van der Waals surface area contributed by atoms with Gasteiger partial charge in [0.15, 0.2) is 0 Å². The highest BCUT2D eigenvalue weighted by molar-refractivity contribution is 5.76. The molecule has 1 aliphatic heterocycles. The molecule has 0 aliphatic carbocycles. The number of nitrogens with one attached hydrogen (secondary N) is 1. The second-order valence-corrected chi connectivity index (χ2v) is 4.23. The minimum Gasteiger partial charge on any atom is -0.461 e. The second kappa shape index (κ2) is 5.53. The summed E-state index contributed by atoms with van der Waals surface area (Å²) >= 11 is 0. The third-order valence-electron chi connectivity index (χ3n) is 2.90. The van der Waals surface area contributed by atoms with Gasteiger partial charge >= 0.3 is 12.1 Å². The van der Waals surface area contributed by atoms with Crippen LogP contribution in [0.25, 0.3) is 0 Å². The first-order valence-corrected chi connectivity index (χ1v) is 5.80. The topological polar surface area (TPSA) is 64.6 Å². The lowest BCUT2D eigenvalue weighted by molar-refractivity contribution is -0.150. The number of benzene rings is 1. The minimum absolute atomic E-state index is 0.209. The molecule has 5 heteroatoms. The number of carbonyl (C=O) groups excluding carboxylic acids is 2. The average molecular weight is 249 g/mol. The van der Waals surface area contributed by atoms with E-state index in [1.807, 2.05) is 30.3 Å². The Morgan fingerprint density at radius 3 is 2.83 bits per heavy atom. The molecule has 5 nitrogen and oxygen atoms in total. The Kier molecular flexibility index (Phi) is 3.82. The summed E-state index contributed by atoms with van der Waals surface area (Å²) in [6.45, 7) is 2.17. The highest BCUT2D eigenvalue weighted by Gasteiger charge is 2.32. The zero-order valence-electron chi connectivity index (χ0n) is 10.1. The third kappa shape index (κ3) is 3.00. The predicted octanol–water partition coefficient (Wildman–Crippen LogP) is 1.47. The zero-order valence-corrected chi connectivity index (χ0v) is 10.1. The fourth-order valence-electron chi connectivity index (χ4n) is 1.69. The van der Waals surface area contributed by atoms with E-state index in [4.69, 9.17) is 9.47 Å². The van der Waals surface area contributed by atoms with Crippen molar-refractivity contribution in [2.45, 2.75) is 19.6 Å². The van der Waals surface area contributed by atoms with Gasteiger partial charge in [-0.25, -0.2) is 4.79 Å². The van der Waals surface area contributed by atoms with Crippen LogP contribution in [-0.4, -0.2) is 24.7 Å². The van der Waals surface area contributed by atoms with Crippen LogP contribution in [0, 0.1) is 5.92 Å². The van der Waals surface area contributed by atoms with Gasteiger partial charge in [0.2, 0.25) is 0 Å². The number of carbonyl (C=O) groups is 2. The van der Waals surface area contributed by atoms with Crippen molar-refractivity contribution in [2.75, 3.05) is 6.61 Å². The lowest BCUT2D eigenvalue weighted by Crippen LogP contribution is -2.37. The van der Waals surface area contributed by atoms with Gasteiger partial charge in [-0.3, -0.25) is 4.79 Å². The first kappa shape index (κ1) is 12.4. The molecule has 18 heavy (non-hydrogen) atoms. The van der Waals surface area contributed by atoms with Crippen LogP contribution in [0.2, 0.25) is 0 Å². The van der Waals surface area contributed by atoms with E-state index in [1.165, 1.54) is 0 Å². The molecular weight excluding hydrogens is 234 g/mol. The summed E-state index contributed by atoms with van der Waals surface area (Å²) in [5.41, 5.74) is 0.935. The maximum absolute atomic E-state index is 11.8. The molecule has 2 atom stereocenters. The number of alkyl carbamates (subject to hydrolysis) is 1. The SMILES string of the molecule is C[C@@H](C(=O)OCc1ccccc1)[C@H]1COC(=O)N1. The molecule has 96 valence electrons. The van der Waals surface area contributed by atoms with Gasteiger partial charge in [-0.15, -0.1) is 0 Å². The van der Waals surface area contributed by atoms with E-state index in [9.17, 15) is 9.59 Å². The van der Waals surface area contributed by atoms with Gasteiger partial charge in [0.1, 0.15) is 13.2 Å². The normalized spacial score (nSPS) is 19.8. The summed E-state index contributed by atoms with van der Waals surface area (Å²) < 4.78 is 9.93. The number of hydrogen-bond donors (Lipinski definition) is 1. The van der Waals surface area contributed by atoms with E-state index in [0.717, 1.165) is 5.56 Å². The summed E-state index contributed by atoms with van der Waals surface area (Å²) in [5, 5.41) is 2.57. The van der Waals surface area contributed by atoms with Gasteiger partial charge in [-0.1, -0.05) is 30.3 Å². The first-order valence-electron chi connectivity index (χ1n) is 5.80. The monoisotopic (exact) mass is 249 g/mol. The number of amides is 1. The largest absolute Gasteiger partial charge is 0.461 e. The van der Waals surface area contributed by atoms with Crippen molar-refractivity contribution in [3.63, 3.8) is 0 Å². The molecule has 0 aromatic heterocycles. The number of esters is 1. The minimum atomic E-state index is -0.484. The first-order chi connectivity index (χ1) is 8.66. The van der Waals surface area contributed by atoms with Crippen LogP contribution in [0.3, 0.4) is 0 Å². The molecule has 2 rings (SSSR count). The van der Waals surface area contributed by atoms with Gasteiger partial charge in [-0.05, 0) is 12.5 Å². The molecule has 1 saturated heterocycles. The van der Waals surface area contributed by atoms with Gasteiger partial charge in [0.05, 0.1) is 12.0 Å². The van der Waals surface area contributed by atoms with Crippen LogP contribution < -0.4 is 5.32 Å². The van der Waals surface area contributed by atoms with E-state index in [0.29, 0.717) is 0 Å². The maximum atomic E-state index is 11.8. The highest BCUT2D eigenvalue weighted by Crippen LogP contribution is 2.12. The molecule has 1 heterocycles. The highest BCUT2D eigenvalue weighted by atomic mass is 16.6. The van der Waals surface area contributed by atoms with E-state index < -0.39 is 12.0 Å². The summed E-state index contributed by atoms with van der Waals surface area (Å²) in [5.74, 6) is -0.755. The number of ether oxygens (including phenoxy) is 2. The average Bonchev–Trinajstić information content (AvgIpc) is 2.83. The summed E-state index contributed by atoms with van der Waals surface area (Å²) in [7, 11) is 0. The Bertz CT molecular complexity index is 432. The van der Waals surface area contributed by atoms with E-state index in [1.54, 1.807) is 6.92 Å². The summed E-state index contributed by atoms with van der Waals surface area (Å²) in [4.78, 5) is 22.7. The van der Waals surface area contributed by atoms with Crippen molar-refractivity contribution < 1.29 is 19.1 Å². The molecule has 0 saturated carbocycles. The number of hydrogen-bond acceptors (Lipinski definition) is 4. The van der Waals surface area contributed by atoms with Gasteiger partial charge in [-0.2, -0.15) is 0 Å². The fraction of sp³-hybridized carbons (Fsp3) is 0.385. The Morgan fingerprint density at radius 2 is 2.22 bits per heavy atom. The zero-order chi connectivity index (χ0) is 13.0. The Hall–Kier alpha value is -2.04. The molecular formula is C13H15NO4. The second-order valence-electron chi connectivity index (χ2n) is 4.23. The molecule has 0 radical (unpaired) electrons. The molecule has 1 N–H and O–H groups in total. The molecule has 0 unspecified atom stereocenters.